The summed E-state index contributed by atoms with van der Waals surface area (Å²) in [5.41, 5.74) is 7.18. The number of carbonyl (C=O) groups is 1. The van der Waals surface area contributed by atoms with E-state index in [1.807, 2.05) is 105 Å². The van der Waals surface area contributed by atoms with E-state index in [-0.39, 0.29) is 16.9 Å². The SMILES string of the molecule is Cc1ccc(-n2c(S[C@@H](C)C(=O)N(c3ccccc3)c3ccccc3)nc3c(c2=O)C2(CCCCC2)Cc2ccccc2-3)cc1. The van der Waals surface area contributed by atoms with Gasteiger partial charge in [-0.05, 0) is 75.1 Å². The maximum Gasteiger partial charge on any atom is 0.263 e. The minimum absolute atomic E-state index is 0.00891. The normalized spacial score (nSPS) is 15.6. The van der Waals surface area contributed by atoms with E-state index >= 15 is 0 Å². The molecule has 1 aromatic heterocycles. The maximum atomic E-state index is 14.9. The van der Waals surface area contributed by atoms with Crippen molar-refractivity contribution < 1.29 is 4.79 Å². The number of amides is 1. The highest BCUT2D eigenvalue weighted by molar-refractivity contribution is 8.00. The summed E-state index contributed by atoms with van der Waals surface area (Å²) in [5, 5.41) is 0.00160. The van der Waals surface area contributed by atoms with E-state index in [0.29, 0.717) is 5.16 Å². The van der Waals surface area contributed by atoms with E-state index in [0.717, 1.165) is 71.6 Å². The molecule has 1 heterocycles. The standard InChI is InChI=1S/C39H37N3O2S/c1-27-20-22-32(23-21-27)42-37(44)34-35(33-19-11-10-14-29(33)26-39(34)24-12-5-13-25-39)40-38(42)45-28(2)36(43)41(30-15-6-3-7-16-30)31-17-8-4-9-18-31/h3-4,6-11,14-23,28H,5,12-13,24-26H2,1-2H3/t28-/m0/s1. The zero-order valence-electron chi connectivity index (χ0n) is 25.8. The molecule has 1 saturated carbocycles. The van der Waals surface area contributed by atoms with Crippen molar-refractivity contribution in [3.05, 3.63) is 136 Å². The molecule has 2 aliphatic rings. The minimum atomic E-state index is -0.533. The fourth-order valence-corrected chi connectivity index (χ4v) is 8.10. The molecule has 0 aliphatic heterocycles. The first-order chi connectivity index (χ1) is 21.9. The fraction of sp³-hybridized carbons (Fsp3) is 0.256. The molecule has 2 aliphatic carbocycles. The highest BCUT2D eigenvalue weighted by atomic mass is 32.2. The molecule has 1 atom stereocenters. The predicted molar refractivity (Wildman–Crippen MR) is 184 cm³/mol. The summed E-state index contributed by atoms with van der Waals surface area (Å²) in [6.45, 7) is 3.96. The number of anilines is 2. The zero-order valence-corrected chi connectivity index (χ0v) is 26.6. The van der Waals surface area contributed by atoms with Crippen molar-refractivity contribution >= 4 is 29.0 Å². The molecule has 4 aromatic carbocycles. The van der Waals surface area contributed by atoms with Crippen molar-refractivity contribution in [2.45, 2.75) is 68.2 Å². The van der Waals surface area contributed by atoms with Gasteiger partial charge in [-0.3, -0.25) is 19.1 Å². The molecule has 1 spiro atoms. The number of aryl methyl sites for hydroxylation is 1. The summed E-state index contributed by atoms with van der Waals surface area (Å²) in [5.74, 6) is -0.0797. The Morgan fingerprint density at radius 2 is 1.42 bits per heavy atom. The van der Waals surface area contributed by atoms with Gasteiger partial charge in [0.1, 0.15) is 0 Å². The number of hydrogen-bond donors (Lipinski definition) is 0. The third kappa shape index (κ3) is 5.42. The number of carbonyl (C=O) groups excluding carboxylic acids is 1. The lowest BCUT2D eigenvalue weighted by molar-refractivity contribution is -0.117. The Morgan fingerprint density at radius 3 is 2.07 bits per heavy atom. The first kappa shape index (κ1) is 29.3. The smallest absolute Gasteiger partial charge is 0.263 e. The maximum absolute atomic E-state index is 14.9. The number of fused-ring (bicyclic) bond motifs is 4. The van der Waals surface area contributed by atoms with E-state index in [9.17, 15) is 9.59 Å². The van der Waals surface area contributed by atoms with Crippen LogP contribution in [0.1, 0.15) is 55.7 Å². The second-order valence-corrected chi connectivity index (χ2v) is 13.7. The fourth-order valence-electron chi connectivity index (χ4n) is 7.14. The van der Waals surface area contributed by atoms with Gasteiger partial charge in [-0.25, -0.2) is 4.98 Å². The summed E-state index contributed by atoms with van der Waals surface area (Å²) < 4.78 is 1.77. The molecule has 5 nitrogen and oxygen atoms in total. The average molecular weight is 612 g/mol. The number of aromatic nitrogens is 2. The Hall–Kier alpha value is -4.42. The number of thioether (sulfide) groups is 1. The largest absolute Gasteiger partial charge is 0.280 e. The summed E-state index contributed by atoms with van der Waals surface area (Å²) in [6, 6.07) is 35.9. The second kappa shape index (κ2) is 12.2. The molecule has 0 saturated heterocycles. The predicted octanol–water partition coefficient (Wildman–Crippen LogP) is 8.81. The first-order valence-electron chi connectivity index (χ1n) is 15.9. The van der Waals surface area contributed by atoms with E-state index < -0.39 is 5.25 Å². The molecule has 226 valence electrons. The molecule has 0 unspecified atom stereocenters. The van der Waals surface area contributed by atoms with Gasteiger partial charge in [0, 0.05) is 22.4 Å². The van der Waals surface area contributed by atoms with Crippen LogP contribution in [0.4, 0.5) is 11.4 Å². The highest BCUT2D eigenvalue weighted by Gasteiger charge is 2.44. The molecule has 1 fully saturated rings. The lowest BCUT2D eigenvalue weighted by atomic mass is 9.62. The molecule has 0 N–H and O–H groups in total. The molecule has 0 radical (unpaired) electrons. The quantitative estimate of drug-likeness (QED) is 0.142. The third-order valence-electron chi connectivity index (χ3n) is 9.37. The van der Waals surface area contributed by atoms with Crippen molar-refractivity contribution in [1.29, 1.82) is 0 Å². The van der Waals surface area contributed by atoms with Crippen LogP contribution in [0, 0.1) is 6.92 Å². The topological polar surface area (TPSA) is 55.2 Å². The van der Waals surface area contributed by atoms with Crippen molar-refractivity contribution in [2.24, 2.45) is 0 Å². The van der Waals surface area contributed by atoms with Crippen LogP contribution in [0.3, 0.4) is 0 Å². The molecular formula is C39H37N3O2S. The lowest BCUT2D eigenvalue weighted by Crippen LogP contribution is -2.43. The summed E-state index contributed by atoms with van der Waals surface area (Å²) in [6.07, 6.45) is 6.27. The van der Waals surface area contributed by atoms with E-state index in [1.165, 1.54) is 23.7 Å². The van der Waals surface area contributed by atoms with Gasteiger partial charge in [0.2, 0.25) is 5.91 Å². The van der Waals surface area contributed by atoms with Crippen LogP contribution >= 0.6 is 11.8 Å². The first-order valence-corrected chi connectivity index (χ1v) is 16.8. The Kier molecular flexibility index (Phi) is 7.92. The molecule has 45 heavy (non-hydrogen) atoms. The van der Waals surface area contributed by atoms with Gasteiger partial charge in [0.25, 0.3) is 5.56 Å². The van der Waals surface area contributed by atoms with Gasteiger partial charge in [-0.15, -0.1) is 0 Å². The van der Waals surface area contributed by atoms with Crippen LogP contribution < -0.4 is 10.5 Å². The number of rotatable bonds is 6. The third-order valence-corrected chi connectivity index (χ3v) is 10.4. The molecule has 0 bridgehead atoms. The Balaban J connectivity index is 1.39. The molecule has 1 amide bonds. The minimum Gasteiger partial charge on any atom is -0.280 e. The summed E-state index contributed by atoms with van der Waals surface area (Å²) in [4.78, 5) is 36.4. The highest BCUT2D eigenvalue weighted by Crippen LogP contribution is 2.49. The van der Waals surface area contributed by atoms with Crippen LogP contribution in [0.15, 0.2) is 119 Å². The van der Waals surface area contributed by atoms with Gasteiger partial charge in [0.15, 0.2) is 5.16 Å². The van der Waals surface area contributed by atoms with Crippen LogP contribution in [-0.2, 0) is 16.6 Å². The summed E-state index contributed by atoms with van der Waals surface area (Å²) >= 11 is 1.35. The molecule has 6 heteroatoms. The van der Waals surface area contributed by atoms with E-state index in [2.05, 4.69) is 18.2 Å². The Labute approximate surface area is 269 Å². The number of para-hydroxylation sites is 2. The van der Waals surface area contributed by atoms with Gasteiger partial charge in [0.05, 0.1) is 22.2 Å². The van der Waals surface area contributed by atoms with Crippen molar-refractivity contribution in [2.75, 3.05) is 4.90 Å². The van der Waals surface area contributed by atoms with Crippen LogP contribution in [0.2, 0.25) is 0 Å². The number of benzene rings is 4. The van der Waals surface area contributed by atoms with Gasteiger partial charge in [-0.1, -0.05) is 109 Å². The average Bonchev–Trinajstić information content (AvgIpc) is 3.07. The van der Waals surface area contributed by atoms with E-state index in [4.69, 9.17) is 4.98 Å². The lowest BCUT2D eigenvalue weighted by Gasteiger charge is -2.42. The summed E-state index contributed by atoms with van der Waals surface area (Å²) in [7, 11) is 0. The van der Waals surface area contributed by atoms with Crippen LogP contribution in [-0.4, -0.2) is 20.7 Å². The van der Waals surface area contributed by atoms with Crippen molar-refractivity contribution in [1.82, 2.24) is 9.55 Å². The Morgan fingerprint density at radius 1 is 0.822 bits per heavy atom. The van der Waals surface area contributed by atoms with Crippen molar-refractivity contribution in [3.8, 4) is 16.9 Å². The van der Waals surface area contributed by atoms with E-state index in [1.54, 1.807) is 9.47 Å². The van der Waals surface area contributed by atoms with Gasteiger partial charge < -0.3 is 0 Å². The molecule has 7 rings (SSSR count). The number of nitrogens with zero attached hydrogens (tertiary/aromatic N) is 3. The Bertz CT molecular complexity index is 1860. The molecule has 5 aromatic rings. The monoisotopic (exact) mass is 611 g/mol. The van der Waals surface area contributed by atoms with Crippen LogP contribution in [0.25, 0.3) is 16.9 Å². The zero-order chi connectivity index (χ0) is 31.0. The van der Waals surface area contributed by atoms with Gasteiger partial charge >= 0.3 is 0 Å². The van der Waals surface area contributed by atoms with Crippen molar-refractivity contribution in [3.63, 3.8) is 0 Å². The van der Waals surface area contributed by atoms with Crippen LogP contribution in [0.5, 0.6) is 0 Å². The molecular weight excluding hydrogens is 575 g/mol. The van der Waals surface area contributed by atoms with Gasteiger partial charge in [-0.2, -0.15) is 0 Å². The number of hydrogen-bond acceptors (Lipinski definition) is 4. The second-order valence-electron chi connectivity index (χ2n) is 12.4.